The van der Waals surface area contributed by atoms with Crippen molar-refractivity contribution in [1.29, 1.82) is 0 Å². The summed E-state index contributed by atoms with van der Waals surface area (Å²) in [5.41, 5.74) is 0. The number of benzene rings is 1. The lowest BCUT2D eigenvalue weighted by molar-refractivity contribution is -0.127. The van der Waals surface area contributed by atoms with Crippen molar-refractivity contribution in [2.24, 2.45) is 0 Å². The third-order valence-electron chi connectivity index (χ3n) is 3.02. The molecule has 1 N–H and O–H groups in total. The van der Waals surface area contributed by atoms with E-state index in [0.717, 1.165) is 6.26 Å². The number of sulfonamides is 1. The van der Waals surface area contributed by atoms with Crippen molar-refractivity contribution < 1.29 is 17.9 Å². The van der Waals surface area contributed by atoms with Crippen LogP contribution in [-0.2, 0) is 14.8 Å². The van der Waals surface area contributed by atoms with E-state index in [0.29, 0.717) is 30.3 Å². The van der Waals surface area contributed by atoms with Crippen molar-refractivity contribution in [2.75, 3.05) is 26.4 Å². The molecule has 0 aromatic heterocycles. The maximum absolute atomic E-state index is 11.9. The topological polar surface area (TPSA) is 75.7 Å². The molecular weight excluding hydrogens is 328 g/mol. The number of para-hydroxylation sites is 1. The number of hydrogen-bond acceptors (Lipinski definition) is 4. The lowest BCUT2D eigenvalue weighted by Crippen LogP contribution is -2.38. The molecule has 0 aliphatic heterocycles. The van der Waals surface area contributed by atoms with Gasteiger partial charge in [-0.25, -0.2) is 12.7 Å². The predicted molar refractivity (Wildman–Crippen MR) is 86.6 cm³/mol. The van der Waals surface area contributed by atoms with Gasteiger partial charge in [0.15, 0.2) is 6.10 Å². The first kappa shape index (κ1) is 18.7. The number of rotatable bonds is 8. The summed E-state index contributed by atoms with van der Waals surface area (Å²) in [7, 11) is -1.68. The Hall–Kier alpha value is -1.31. The summed E-state index contributed by atoms with van der Waals surface area (Å²) < 4.78 is 29.1. The molecule has 6 nitrogen and oxygen atoms in total. The van der Waals surface area contributed by atoms with Crippen LogP contribution in [0.25, 0.3) is 0 Å². The smallest absolute Gasteiger partial charge is 0.260 e. The van der Waals surface area contributed by atoms with E-state index >= 15 is 0 Å². The second kappa shape index (κ2) is 8.36. The first-order valence-corrected chi connectivity index (χ1v) is 9.04. The largest absolute Gasteiger partial charge is 0.479 e. The van der Waals surface area contributed by atoms with Gasteiger partial charge in [-0.05, 0) is 25.5 Å². The number of amides is 1. The van der Waals surface area contributed by atoms with Crippen LogP contribution in [0.1, 0.15) is 13.3 Å². The Morgan fingerprint density at radius 1 is 1.41 bits per heavy atom. The first-order valence-electron chi connectivity index (χ1n) is 6.82. The average molecular weight is 349 g/mol. The van der Waals surface area contributed by atoms with Crippen molar-refractivity contribution >= 4 is 27.5 Å². The molecule has 124 valence electrons. The summed E-state index contributed by atoms with van der Waals surface area (Å²) in [6, 6.07) is 6.92. The molecule has 1 aromatic carbocycles. The van der Waals surface area contributed by atoms with E-state index < -0.39 is 16.1 Å². The minimum absolute atomic E-state index is 0.276. The Kier molecular flexibility index (Phi) is 7.12. The highest BCUT2D eigenvalue weighted by molar-refractivity contribution is 7.88. The molecule has 8 heteroatoms. The van der Waals surface area contributed by atoms with Gasteiger partial charge in [0, 0.05) is 20.1 Å². The molecule has 0 fully saturated rings. The molecule has 1 atom stereocenters. The number of nitrogens with one attached hydrogen (secondary N) is 1. The fraction of sp³-hybridized carbons (Fsp3) is 0.500. The van der Waals surface area contributed by atoms with Gasteiger partial charge in [0.2, 0.25) is 10.0 Å². The van der Waals surface area contributed by atoms with Crippen molar-refractivity contribution in [3.63, 3.8) is 0 Å². The van der Waals surface area contributed by atoms with Gasteiger partial charge in [-0.1, -0.05) is 23.7 Å². The number of carbonyl (C=O) groups excluding carboxylic acids is 1. The maximum atomic E-state index is 11.9. The molecule has 1 amide bonds. The summed E-state index contributed by atoms with van der Waals surface area (Å²) in [5, 5.41) is 3.14. The third kappa shape index (κ3) is 6.21. The van der Waals surface area contributed by atoms with E-state index in [4.69, 9.17) is 16.3 Å². The van der Waals surface area contributed by atoms with Gasteiger partial charge in [0.1, 0.15) is 5.75 Å². The Balaban J connectivity index is 2.35. The highest BCUT2D eigenvalue weighted by Gasteiger charge is 2.16. The fourth-order valence-corrected chi connectivity index (χ4v) is 2.25. The molecule has 0 saturated heterocycles. The highest BCUT2D eigenvalue weighted by atomic mass is 35.5. The summed E-state index contributed by atoms with van der Waals surface area (Å²) in [4.78, 5) is 11.9. The van der Waals surface area contributed by atoms with Crippen LogP contribution in [0.15, 0.2) is 24.3 Å². The van der Waals surface area contributed by atoms with E-state index in [1.807, 2.05) is 0 Å². The van der Waals surface area contributed by atoms with Gasteiger partial charge in [0.05, 0.1) is 11.3 Å². The van der Waals surface area contributed by atoms with Crippen LogP contribution in [0.2, 0.25) is 5.02 Å². The maximum Gasteiger partial charge on any atom is 0.260 e. The number of halogens is 1. The van der Waals surface area contributed by atoms with Crippen molar-refractivity contribution in [3.8, 4) is 5.75 Å². The highest BCUT2D eigenvalue weighted by Crippen LogP contribution is 2.24. The Morgan fingerprint density at radius 2 is 2.05 bits per heavy atom. The van der Waals surface area contributed by atoms with Crippen molar-refractivity contribution in [1.82, 2.24) is 9.62 Å². The van der Waals surface area contributed by atoms with Crippen LogP contribution < -0.4 is 10.1 Å². The van der Waals surface area contributed by atoms with Crippen molar-refractivity contribution in [3.05, 3.63) is 29.3 Å². The minimum atomic E-state index is -3.18. The van der Waals surface area contributed by atoms with Crippen LogP contribution >= 0.6 is 11.6 Å². The zero-order valence-corrected chi connectivity index (χ0v) is 14.4. The zero-order valence-electron chi connectivity index (χ0n) is 12.9. The van der Waals surface area contributed by atoms with Crippen molar-refractivity contribution in [2.45, 2.75) is 19.4 Å². The molecular formula is C14H21ClN2O4S. The molecule has 0 aliphatic rings. The van der Waals surface area contributed by atoms with Gasteiger partial charge in [-0.3, -0.25) is 4.79 Å². The lowest BCUT2D eigenvalue weighted by Gasteiger charge is -2.17. The molecule has 0 saturated carbocycles. The fourth-order valence-electron chi connectivity index (χ4n) is 1.61. The number of nitrogens with zero attached hydrogens (tertiary/aromatic N) is 1. The molecule has 0 heterocycles. The van der Waals surface area contributed by atoms with Gasteiger partial charge < -0.3 is 10.1 Å². The van der Waals surface area contributed by atoms with E-state index in [1.165, 1.54) is 11.4 Å². The second-order valence-corrected chi connectivity index (χ2v) is 7.42. The Morgan fingerprint density at radius 3 is 2.64 bits per heavy atom. The van der Waals surface area contributed by atoms with Gasteiger partial charge >= 0.3 is 0 Å². The number of hydrogen-bond donors (Lipinski definition) is 1. The van der Waals surface area contributed by atoms with E-state index in [1.54, 1.807) is 31.2 Å². The zero-order chi connectivity index (χ0) is 16.8. The summed E-state index contributed by atoms with van der Waals surface area (Å²) in [6.07, 6.45) is 0.978. The Bertz CT molecular complexity index is 607. The van der Waals surface area contributed by atoms with Crippen LogP contribution in [0.5, 0.6) is 5.75 Å². The summed E-state index contributed by atoms with van der Waals surface area (Å²) in [5.74, 6) is 0.172. The Labute approximate surface area is 136 Å². The molecule has 0 bridgehead atoms. The SMILES string of the molecule is CC(Oc1ccccc1Cl)C(=O)NCCCN(C)S(C)(=O)=O. The molecule has 1 aromatic rings. The molecule has 1 rings (SSSR count). The van der Waals surface area contributed by atoms with Gasteiger partial charge in [0.25, 0.3) is 5.91 Å². The normalized spacial score (nSPS) is 13.0. The monoisotopic (exact) mass is 348 g/mol. The van der Waals surface area contributed by atoms with Gasteiger partial charge in [-0.15, -0.1) is 0 Å². The van der Waals surface area contributed by atoms with Crippen LogP contribution in [-0.4, -0.2) is 51.1 Å². The quantitative estimate of drug-likeness (QED) is 0.722. The molecule has 0 radical (unpaired) electrons. The molecule has 0 aliphatic carbocycles. The number of carbonyl (C=O) groups is 1. The van der Waals surface area contributed by atoms with Crippen LogP contribution in [0.4, 0.5) is 0 Å². The van der Waals surface area contributed by atoms with E-state index in [9.17, 15) is 13.2 Å². The van der Waals surface area contributed by atoms with Crippen LogP contribution in [0.3, 0.4) is 0 Å². The molecule has 0 spiro atoms. The summed E-state index contributed by atoms with van der Waals surface area (Å²) >= 11 is 5.96. The standard InChI is InChI=1S/C14H21ClN2O4S/c1-11(21-13-8-5-4-7-12(13)15)14(18)16-9-6-10-17(2)22(3,19)20/h4-5,7-8,11H,6,9-10H2,1-3H3,(H,16,18). The first-order chi connectivity index (χ1) is 10.2. The molecule has 22 heavy (non-hydrogen) atoms. The van der Waals surface area contributed by atoms with Gasteiger partial charge in [-0.2, -0.15) is 0 Å². The lowest BCUT2D eigenvalue weighted by atomic mass is 10.3. The minimum Gasteiger partial charge on any atom is -0.479 e. The van der Waals surface area contributed by atoms with E-state index in [2.05, 4.69) is 5.32 Å². The molecule has 1 unspecified atom stereocenters. The summed E-state index contributed by atoms with van der Waals surface area (Å²) in [6.45, 7) is 2.34. The average Bonchev–Trinajstić information content (AvgIpc) is 2.44. The van der Waals surface area contributed by atoms with Crippen LogP contribution in [0, 0.1) is 0 Å². The second-order valence-electron chi connectivity index (χ2n) is 4.92. The third-order valence-corrected chi connectivity index (χ3v) is 4.65. The number of ether oxygens (including phenoxy) is 1. The van der Waals surface area contributed by atoms with E-state index in [-0.39, 0.29) is 5.91 Å². The predicted octanol–water partition coefficient (Wildman–Crippen LogP) is 1.50.